The number of carbonyl (C=O) groups is 2. The molecule has 0 radical (unpaired) electrons. The van der Waals surface area contributed by atoms with Crippen molar-refractivity contribution >= 4 is 11.9 Å². The molecule has 166 valence electrons. The van der Waals surface area contributed by atoms with Gasteiger partial charge in [-0.15, -0.1) is 0 Å². The van der Waals surface area contributed by atoms with E-state index in [2.05, 4.69) is 34.1 Å². The summed E-state index contributed by atoms with van der Waals surface area (Å²) in [5, 5.41) is 10.2. The smallest absolute Gasteiger partial charge is 0.475 e. The maximum Gasteiger partial charge on any atom is 0.490 e. The van der Waals surface area contributed by atoms with Gasteiger partial charge in [-0.2, -0.15) is 13.2 Å². The van der Waals surface area contributed by atoms with Gasteiger partial charge in [-0.25, -0.2) is 9.78 Å². The zero-order valence-electron chi connectivity index (χ0n) is 17.1. The maximum absolute atomic E-state index is 12.7. The molecule has 0 aliphatic carbocycles. The van der Waals surface area contributed by atoms with E-state index in [1.54, 1.807) is 12.4 Å². The highest BCUT2D eigenvalue weighted by atomic mass is 19.4. The SMILES string of the molecule is Cc1[nH]c(-c2ccccc2)cc1C(=O)N[C@H](c1ncc[nH]1)C(C)C.O=C(O)C(F)(F)F. The highest BCUT2D eigenvalue weighted by Crippen LogP contribution is 2.23. The Hall–Kier alpha value is -3.56. The van der Waals surface area contributed by atoms with E-state index in [4.69, 9.17) is 9.90 Å². The van der Waals surface area contributed by atoms with Gasteiger partial charge >= 0.3 is 12.1 Å². The van der Waals surface area contributed by atoms with Crippen molar-refractivity contribution in [1.82, 2.24) is 20.3 Å². The fourth-order valence-electron chi connectivity index (χ4n) is 2.78. The lowest BCUT2D eigenvalue weighted by molar-refractivity contribution is -0.192. The first-order chi connectivity index (χ1) is 14.5. The third kappa shape index (κ3) is 6.46. The molecule has 2 heterocycles. The lowest BCUT2D eigenvalue weighted by Crippen LogP contribution is -2.32. The van der Waals surface area contributed by atoms with E-state index in [0.717, 1.165) is 22.8 Å². The van der Waals surface area contributed by atoms with Gasteiger partial charge in [0.2, 0.25) is 0 Å². The molecule has 0 saturated carbocycles. The van der Waals surface area contributed by atoms with Gasteiger partial charge in [0.05, 0.1) is 11.6 Å². The molecule has 0 aliphatic heterocycles. The molecule has 2 aromatic heterocycles. The van der Waals surface area contributed by atoms with Crippen LogP contribution in [0.15, 0.2) is 48.8 Å². The molecule has 1 amide bonds. The number of benzene rings is 1. The number of amides is 1. The molecular weight excluding hydrogens is 413 g/mol. The number of alkyl halides is 3. The minimum absolute atomic E-state index is 0.0963. The second-order valence-corrected chi connectivity index (χ2v) is 7.06. The third-order valence-corrected chi connectivity index (χ3v) is 4.35. The molecule has 31 heavy (non-hydrogen) atoms. The van der Waals surface area contributed by atoms with Crippen molar-refractivity contribution in [2.24, 2.45) is 5.92 Å². The molecule has 1 aromatic carbocycles. The van der Waals surface area contributed by atoms with E-state index in [-0.39, 0.29) is 17.9 Å². The quantitative estimate of drug-likeness (QED) is 0.473. The number of rotatable bonds is 5. The molecular formula is C21H23F3N4O3. The van der Waals surface area contributed by atoms with Crippen LogP contribution < -0.4 is 5.32 Å². The van der Waals surface area contributed by atoms with Crippen LogP contribution in [0, 0.1) is 12.8 Å². The number of aliphatic carboxylic acids is 1. The Labute approximate surface area is 176 Å². The third-order valence-electron chi connectivity index (χ3n) is 4.35. The molecule has 0 saturated heterocycles. The number of aromatic amines is 2. The Balaban J connectivity index is 0.000000423. The number of carboxylic acid groups (broad SMARTS) is 1. The van der Waals surface area contributed by atoms with E-state index < -0.39 is 12.1 Å². The number of hydrogen-bond acceptors (Lipinski definition) is 3. The monoisotopic (exact) mass is 436 g/mol. The predicted octanol–water partition coefficient (Wildman–Crippen LogP) is 4.47. The van der Waals surface area contributed by atoms with Crippen LogP contribution in [-0.4, -0.2) is 38.1 Å². The minimum atomic E-state index is -5.08. The van der Waals surface area contributed by atoms with Crippen molar-refractivity contribution in [2.45, 2.75) is 33.0 Å². The Kier molecular flexibility index (Phi) is 7.62. The van der Waals surface area contributed by atoms with Crippen LogP contribution in [0.1, 0.15) is 41.8 Å². The van der Waals surface area contributed by atoms with E-state index in [1.807, 2.05) is 43.3 Å². The number of nitrogens with zero attached hydrogens (tertiary/aromatic N) is 1. The highest BCUT2D eigenvalue weighted by molar-refractivity contribution is 5.97. The molecule has 0 bridgehead atoms. The maximum atomic E-state index is 12.7. The lowest BCUT2D eigenvalue weighted by Gasteiger charge is -2.20. The summed E-state index contributed by atoms with van der Waals surface area (Å²) in [6.45, 7) is 6.04. The van der Waals surface area contributed by atoms with Gasteiger partial charge < -0.3 is 20.4 Å². The molecule has 4 N–H and O–H groups in total. The van der Waals surface area contributed by atoms with Gasteiger partial charge in [0, 0.05) is 23.8 Å². The summed E-state index contributed by atoms with van der Waals surface area (Å²) in [5.41, 5.74) is 3.52. The second-order valence-electron chi connectivity index (χ2n) is 7.06. The number of aryl methyl sites for hydroxylation is 1. The van der Waals surface area contributed by atoms with Gasteiger partial charge in [-0.1, -0.05) is 44.2 Å². The summed E-state index contributed by atoms with van der Waals surface area (Å²) in [6, 6.07) is 11.7. The Morgan fingerprint density at radius 1 is 1.16 bits per heavy atom. The van der Waals surface area contributed by atoms with Crippen molar-refractivity contribution in [3.05, 3.63) is 65.9 Å². The fourth-order valence-corrected chi connectivity index (χ4v) is 2.78. The van der Waals surface area contributed by atoms with Crippen LogP contribution >= 0.6 is 0 Å². The lowest BCUT2D eigenvalue weighted by atomic mass is 10.0. The molecule has 0 aliphatic rings. The molecule has 0 unspecified atom stereocenters. The number of carboxylic acids is 1. The Bertz CT molecular complexity index is 997. The molecule has 7 nitrogen and oxygen atoms in total. The van der Waals surface area contributed by atoms with E-state index in [1.165, 1.54) is 0 Å². The Morgan fingerprint density at radius 2 is 1.77 bits per heavy atom. The van der Waals surface area contributed by atoms with Crippen LogP contribution in [0.4, 0.5) is 13.2 Å². The second kappa shape index (κ2) is 9.96. The zero-order chi connectivity index (χ0) is 23.2. The number of carbonyl (C=O) groups excluding carboxylic acids is 1. The van der Waals surface area contributed by atoms with Gasteiger partial charge in [0.1, 0.15) is 5.82 Å². The average Bonchev–Trinajstić information content (AvgIpc) is 3.36. The van der Waals surface area contributed by atoms with Crippen LogP contribution in [-0.2, 0) is 4.79 Å². The highest BCUT2D eigenvalue weighted by Gasteiger charge is 2.38. The first-order valence-corrected chi connectivity index (χ1v) is 9.36. The topological polar surface area (TPSA) is 111 Å². The number of aromatic nitrogens is 3. The van der Waals surface area contributed by atoms with E-state index in [9.17, 15) is 18.0 Å². The van der Waals surface area contributed by atoms with Crippen molar-refractivity contribution in [3.8, 4) is 11.3 Å². The van der Waals surface area contributed by atoms with Crippen molar-refractivity contribution < 1.29 is 27.9 Å². The van der Waals surface area contributed by atoms with Crippen molar-refractivity contribution in [3.63, 3.8) is 0 Å². The predicted molar refractivity (Wildman–Crippen MR) is 108 cm³/mol. The standard InChI is InChI=1S/C19H22N4O.C2HF3O2/c1-12(2)17(18-20-9-10-21-18)23-19(24)15-11-16(22-13(15)3)14-7-5-4-6-8-14;3-2(4,5)1(6)7/h4-12,17,22H,1-3H3,(H,20,21)(H,23,24);(H,6,7)/t17-;/m0./s1. The van der Waals surface area contributed by atoms with Crippen LogP contribution in [0.5, 0.6) is 0 Å². The number of hydrogen-bond donors (Lipinski definition) is 4. The summed E-state index contributed by atoms with van der Waals surface area (Å²) in [6.07, 6.45) is -1.61. The molecule has 3 rings (SSSR count). The van der Waals surface area contributed by atoms with Crippen LogP contribution in [0.25, 0.3) is 11.3 Å². The number of imidazole rings is 1. The first-order valence-electron chi connectivity index (χ1n) is 9.36. The van der Waals surface area contributed by atoms with Gasteiger partial charge in [-0.05, 0) is 24.5 Å². The minimum Gasteiger partial charge on any atom is -0.475 e. The summed E-state index contributed by atoms with van der Waals surface area (Å²) in [5.74, 6) is -1.85. The summed E-state index contributed by atoms with van der Waals surface area (Å²) < 4.78 is 31.7. The number of halogens is 3. The van der Waals surface area contributed by atoms with Gasteiger partial charge in [-0.3, -0.25) is 4.79 Å². The summed E-state index contributed by atoms with van der Waals surface area (Å²) in [4.78, 5) is 32.3. The van der Waals surface area contributed by atoms with Crippen molar-refractivity contribution in [1.29, 1.82) is 0 Å². The molecule has 3 aromatic rings. The summed E-state index contributed by atoms with van der Waals surface area (Å²) >= 11 is 0. The number of H-pyrrole nitrogens is 2. The number of nitrogens with one attached hydrogen (secondary N) is 3. The molecule has 10 heteroatoms. The van der Waals surface area contributed by atoms with Crippen LogP contribution in [0.3, 0.4) is 0 Å². The average molecular weight is 436 g/mol. The Morgan fingerprint density at radius 3 is 2.26 bits per heavy atom. The zero-order valence-corrected chi connectivity index (χ0v) is 17.1. The summed E-state index contributed by atoms with van der Waals surface area (Å²) in [7, 11) is 0. The fraction of sp³-hybridized carbons (Fsp3) is 0.286. The van der Waals surface area contributed by atoms with E-state index in [0.29, 0.717) is 5.56 Å². The molecule has 0 spiro atoms. The van der Waals surface area contributed by atoms with Gasteiger partial charge in [0.25, 0.3) is 5.91 Å². The molecule has 1 atom stereocenters. The van der Waals surface area contributed by atoms with E-state index >= 15 is 0 Å². The largest absolute Gasteiger partial charge is 0.490 e. The first kappa shape index (κ1) is 23.7. The van der Waals surface area contributed by atoms with Crippen LogP contribution in [0.2, 0.25) is 0 Å². The van der Waals surface area contributed by atoms with Gasteiger partial charge in [0.15, 0.2) is 0 Å². The normalized spacial score (nSPS) is 12.1. The van der Waals surface area contributed by atoms with Crippen molar-refractivity contribution in [2.75, 3.05) is 0 Å². The molecule has 0 fully saturated rings.